The van der Waals surface area contributed by atoms with Gasteiger partial charge in [-0.05, 0) is 18.9 Å². The van der Waals surface area contributed by atoms with Crippen LogP contribution in [-0.4, -0.2) is 49.8 Å². The Bertz CT molecular complexity index is 841. The molecule has 3 aromatic rings. The highest BCUT2D eigenvalue weighted by Crippen LogP contribution is 2.23. The molecule has 0 saturated heterocycles. The Kier molecular flexibility index (Phi) is 5.30. The molecule has 0 aliphatic rings. The van der Waals surface area contributed by atoms with Gasteiger partial charge < -0.3 is 9.88 Å². The van der Waals surface area contributed by atoms with E-state index in [1.54, 1.807) is 0 Å². The monoisotopic (exact) mass is 343 g/mol. The number of amides is 1. The topological polar surface area (TPSA) is 74.8 Å². The normalized spacial score (nSPS) is 11.2. The molecule has 0 saturated carbocycles. The number of carbonyl (C=O) groups excluding carboxylic acids is 1. The first-order valence-corrected chi connectivity index (χ1v) is 9.23. The van der Waals surface area contributed by atoms with Crippen molar-refractivity contribution in [3.63, 3.8) is 0 Å². The van der Waals surface area contributed by atoms with Crippen LogP contribution in [0.3, 0.4) is 0 Å². The number of H-pyrrole nitrogens is 1. The summed E-state index contributed by atoms with van der Waals surface area (Å²) in [6.45, 7) is 5.76. The molecule has 0 spiro atoms. The number of thioether (sulfide) groups is 1. The SMILES string of the molecule is CCCN(CCC)C(=O)CSc1nnc2c(n1)[nH]c1ccccc12. The molecule has 6 nitrogen and oxygen atoms in total. The maximum Gasteiger partial charge on any atom is 0.233 e. The fraction of sp³-hybridized carbons (Fsp3) is 0.412. The van der Waals surface area contributed by atoms with Crippen LogP contribution in [0, 0.1) is 0 Å². The molecule has 0 bridgehead atoms. The van der Waals surface area contributed by atoms with Crippen LogP contribution >= 0.6 is 11.8 Å². The molecule has 2 heterocycles. The molecule has 7 heteroatoms. The number of benzene rings is 1. The zero-order chi connectivity index (χ0) is 16.9. The molecule has 126 valence electrons. The second kappa shape index (κ2) is 7.61. The summed E-state index contributed by atoms with van der Waals surface area (Å²) >= 11 is 1.34. The Labute approximate surface area is 145 Å². The molecule has 3 rings (SSSR count). The molecule has 0 aliphatic carbocycles. The zero-order valence-electron chi connectivity index (χ0n) is 14.0. The van der Waals surface area contributed by atoms with Crippen LogP contribution in [0.4, 0.5) is 0 Å². The van der Waals surface area contributed by atoms with Gasteiger partial charge in [0.2, 0.25) is 11.1 Å². The standard InChI is InChI=1S/C17H21N5OS/c1-3-9-22(10-4-2)14(23)11-24-17-19-16-15(20-21-17)12-7-5-6-8-13(12)18-16/h5-8H,3-4,9-11H2,1-2H3,(H,18,19,21). The van der Waals surface area contributed by atoms with Crippen molar-refractivity contribution >= 4 is 39.7 Å². The molecule has 24 heavy (non-hydrogen) atoms. The maximum atomic E-state index is 12.3. The number of nitrogens with one attached hydrogen (secondary N) is 1. The third kappa shape index (κ3) is 3.51. The van der Waals surface area contributed by atoms with Crippen molar-refractivity contribution < 1.29 is 4.79 Å². The lowest BCUT2D eigenvalue weighted by Crippen LogP contribution is -2.33. The summed E-state index contributed by atoms with van der Waals surface area (Å²) in [4.78, 5) is 22.0. The lowest BCUT2D eigenvalue weighted by Gasteiger charge is -2.20. The lowest BCUT2D eigenvalue weighted by atomic mass is 10.2. The molecule has 1 amide bonds. The summed E-state index contributed by atoms with van der Waals surface area (Å²) in [6, 6.07) is 7.92. The minimum Gasteiger partial charge on any atom is -0.342 e. The Morgan fingerprint density at radius 2 is 1.92 bits per heavy atom. The number of aromatic nitrogens is 4. The van der Waals surface area contributed by atoms with Gasteiger partial charge in [0.15, 0.2) is 5.65 Å². The van der Waals surface area contributed by atoms with Crippen LogP contribution in [0.15, 0.2) is 29.4 Å². The van der Waals surface area contributed by atoms with E-state index < -0.39 is 0 Å². The summed E-state index contributed by atoms with van der Waals surface area (Å²) in [5.41, 5.74) is 2.46. The summed E-state index contributed by atoms with van der Waals surface area (Å²) < 4.78 is 0. The van der Waals surface area contributed by atoms with Gasteiger partial charge >= 0.3 is 0 Å². The van der Waals surface area contributed by atoms with E-state index in [1.165, 1.54) is 11.8 Å². The highest BCUT2D eigenvalue weighted by Gasteiger charge is 2.14. The fourth-order valence-electron chi connectivity index (χ4n) is 2.69. The second-order valence-electron chi connectivity index (χ2n) is 5.63. The van der Waals surface area contributed by atoms with Crippen LogP contribution < -0.4 is 0 Å². The quantitative estimate of drug-likeness (QED) is 0.667. The molecule has 0 aliphatic heterocycles. The second-order valence-corrected chi connectivity index (χ2v) is 6.57. The third-order valence-corrected chi connectivity index (χ3v) is 4.59. The van der Waals surface area contributed by atoms with E-state index in [1.807, 2.05) is 29.2 Å². The summed E-state index contributed by atoms with van der Waals surface area (Å²) in [5.74, 6) is 0.469. The zero-order valence-corrected chi connectivity index (χ0v) is 14.8. The number of nitrogens with zero attached hydrogens (tertiary/aromatic N) is 4. The van der Waals surface area contributed by atoms with Crippen LogP contribution in [0.2, 0.25) is 0 Å². The van der Waals surface area contributed by atoms with Gasteiger partial charge in [-0.3, -0.25) is 4.79 Å². The van der Waals surface area contributed by atoms with E-state index in [-0.39, 0.29) is 5.91 Å². The van der Waals surface area contributed by atoms with Gasteiger partial charge in [0.1, 0.15) is 5.52 Å². The molecule has 2 aromatic heterocycles. The molecular formula is C17H21N5OS. The summed E-state index contributed by atoms with van der Waals surface area (Å²) in [5, 5.41) is 9.97. The number of rotatable bonds is 7. The van der Waals surface area contributed by atoms with E-state index in [2.05, 4.69) is 34.0 Å². The van der Waals surface area contributed by atoms with E-state index in [0.29, 0.717) is 16.6 Å². The van der Waals surface area contributed by atoms with E-state index in [0.717, 1.165) is 42.4 Å². The summed E-state index contributed by atoms with van der Waals surface area (Å²) in [7, 11) is 0. The van der Waals surface area contributed by atoms with Gasteiger partial charge in [0.25, 0.3) is 0 Å². The van der Waals surface area contributed by atoms with E-state index in [9.17, 15) is 4.79 Å². The van der Waals surface area contributed by atoms with Gasteiger partial charge in [-0.25, -0.2) is 4.98 Å². The van der Waals surface area contributed by atoms with Crippen molar-refractivity contribution in [2.75, 3.05) is 18.8 Å². The van der Waals surface area contributed by atoms with Crippen molar-refractivity contribution in [3.05, 3.63) is 24.3 Å². The minimum atomic E-state index is 0.129. The van der Waals surface area contributed by atoms with Crippen LogP contribution in [0.1, 0.15) is 26.7 Å². The van der Waals surface area contributed by atoms with Gasteiger partial charge in [0.05, 0.1) is 5.75 Å². The van der Waals surface area contributed by atoms with Crippen molar-refractivity contribution in [1.82, 2.24) is 25.1 Å². The Morgan fingerprint density at radius 3 is 2.67 bits per heavy atom. The summed E-state index contributed by atoms with van der Waals surface area (Å²) in [6.07, 6.45) is 1.94. The average Bonchev–Trinajstić information content (AvgIpc) is 2.97. The number of carbonyl (C=O) groups is 1. The van der Waals surface area contributed by atoms with Crippen molar-refractivity contribution in [2.24, 2.45) is 0 Å². The molecule has 0 fully saturated rings. The molecule has 0 atom stereocenters. The Balaban J connectivity index is 1.73. The number of fused-ring (bicyclic) bond motifs is 3. The number of hydrogen-bond acceptors (Lipinski definition) is 5. The van der Waals surface area contributed by atoms with Crippen molar-refractivity contribution in [3.8, 4) is 0 Å². The van der Waals surface area contributed by atoms with Crippen LogP contribution in [0.5, 0.6) is 0 Å². The Morgan fingerprint density at radius 1 is 1.17 bits per heavy atom. The Hall–Kier alpha value is -2.15. The average molecular weight is 343 g/mol. The van der Waals surface area contributed by atoms with Gasteiger partial charge in [0, 0.05) is 24.0 Å². The van der Waals surface area contributed by atoms with Gasteiger partial charge in [-0.2, -0.15) is 0 Å². The number of aromatic amines is 1. The smallest absolute Gasteiger partial charge is 0.233 e. The van der Waals surface area contributed by atoms with Crippen molar-refractivity contribution in [2.45, 2.75) is 31.8 Å². The molecule has 0 unspecified atom stereocenters. The predicted octanol–water partition coefficient (Wildman–Crippen LogP) is 3.25. The molecule has 0 radical (unpaired) electrons. The number of hydrogen-bond donors (Lipinski definition) is 1. The van der Waals surface area contributed by atoms with Crippen LogP contribution in [0.25, 0.3) is 22.1 Å². The first-order chi connectivity index (χ1) is 11.7. The van der Waals surface area contributed by atoms with Crippen LogP contribution in [-0.2, 0) is 4.79 Å². The van der Waals surface area contributed by atoms with Gasteiger partial charge in [-0.15, -0.1) is 10.2 Å². The van der Waals surface area contributed by atoms with E-state index >= 15 is 0 Å². The molecule has 1 N–H and O–H groups in total. The maximum absolute atomic E-state index is 12.3. The van der Waals surface area contributed by atoms with Gasteiger partial charge in [-0.1, -0.05) is 43.8 Å². The first-order valence-electron chi connectivity index (χ1n) is 8.24. The number of para-hydroxylation sites is 1. The predicted molar refractivity (Wildman–Crippen MR) is 97.1 cm³/mol. The fourth-order valence-corrected chi connectivity index (χ4v) is 3.38. The molecular weight excluding hydrogens is 322 g/mol. The third-order valence-electron chi connectivity index (χ3n) is 3.77. The lowest BCUT2D eigenvalue weighted by molar-refractivity contribution is -0.128. The highest BCUT2D eigenvalue weighted by atomic mass is 32.2. The van der Waals surface area contributed by atoms with E-state index in [4.69, 9.17) is 0 Å². The van der Waals surface area contributed by atoms with Crippen molar-refractivity contribution in [1.29, 1.82) is 0 Å². The largest absolute Gasteiger partial charge is 0.342 e. The highest BCUT2D eigenvalue weighted by molar-refractivity contribution is 7.99. The molecule has 1 aromatic carbocycles. The first kappa shape index (κ1) is 16.7. The minimum absolute atomic E-state index is 0.129.